The van der Waals surface area contributed by atoms with E-state index in [1.807, 2.05) is 24.3 Å². The van der Waals surface area contributed by atoms with Crippen molar-refractivity contribution in [3.05, 3.63) is 63.9 Å². The molecular formula is C17H17BrFNO. The summed E-state index contributed by atoms with van der Waals surface area (Å²) in [7, 11) is 1.65. The summed E-state index contributed by atoms with van der Waals surface area (Å²) in [6, 6.07) is 13.1. The van der Waals surface area contributed by atoms with Crippen LogP contribution in [0.1, 0.15) is 11.1 Å². The van der Waals surface area contributed by atoms with Crippen LogP contribution >= 0.6 is 15.9 Å². The van der Waals surface area contributed by atoms with E-state index >= 15 is 0 Å². The Balaban J connectivity index is 1.91. The van der Waals surface area contributed by atoms with E-state index in [1.165, 1.54) is 5.56 Å². The van der Waals surface area contributed by atoms with Crippen LogP contribution in [0.4, 0.5) is 4.39 Å². The van der Waals surface area contributed by atoms with Gasteiger partial charge in [-0.3, -0.25) is 0 Å². The summed E-state index contributed by atoms with van der Waals surface area (Å²) in [5.41, 5.74) is 1.82. The van der Waals surface area contributed by atoms with Gasteiger partial charge in [-0.25, -0.2) is 4.39 Å². The molecule has 110 valence electrons. The van der Waals surface area contributed by atoms with E-state index in [0.717, 1.165) is 35.3 Å². The number of nitrogens with one attached hydrogen (secondary N) is 1. The van der Waals surface area contributed by atoms with E-state index in [2.05, 4.69) is 27.3 Å². The van der Waals surface area contributed by atoms with Gasteiger partial charge >= 0.3 is 0 Å². The van der Waals surface area contributed by atoms with Crippen LogP contribution in [0.2, 0.25) is 0 Å². The first kappa shape index (κ1) is 14.5. The zero-order chi connectivity index (χ0) is 14.9. The summed E-state index contributed by atoms with van der Waals surface area (Å²) in [4.78, 5) is 0. The molecule has 0 aromatic heterocycles. The number of benzene rings is 2. The molecule has 1 heterocycles. The highest BCUT2D eigenvalue weighted by atomic mass is 79.9. The maximum Gasteiger partial charge on any atom is 0.133 e. The van der Waals surface area contributed by atoms with Gasteiger partial charge < -0.3 is 10.1 Å². The van der Waals surface area contributed by atoms with Gasteiger partial charge in [0.2, 0.25) is 0 Å². The minimum Gasteiger partial charge on any atom is -0.496 e. The molecule has 0 amide bonds. The maximum absolute atomic E-state index is 14.1. The smallest absolute Gasteiger partial charge is 0.133 e. The fourth-order valence-corrected chi connectivity index (χ4v) is 3.53. The summed E-state index contributed by atoms with van der Waals surface area (Å²) < 4.78 is 20.3. The molecule has 21 heavy (non-hydrogen) atoms. The summed E-state index contributed by atoms with van der Waals surface area (Å²) in [5.74, 6) is 0.692. The second-order valence-corrected chi connectivity index (χ2v) is 6.36. The second-order valence-electron chi connectivity index (χ2n) is 5.51. The summed E-state index contributed by atoms with van der Waals surface area (Å²) >= 11 is 3.51. The van der Waals surface area contributed by atoms with Crippen LogP contribution in [-0.4, -0.2) is 20.2 Å². The molecule has 1 N–H and O–H groups in total. The number of halogens is 2. The molecule has 0 radical (unpaired) electrons. The molecule has 2 aromatic rings. The Bertz CT molecular complexity index is 655. The van der Waals surface area contributed by atoms with Gasteiger partial charge in [-0.2, -0.15) is 0 Å². The molecule has 0 bridgehead atoms. The third-order valence-electron chi connectivity index (χ3n) is 4.13. The molecule has 1 saturated heterocycles. The Hall–Kier alpha value is -1.39. The Morgan fingerprint density at radius 3 is 2.57 bits per heavy atom. The molecule has 0 unspecified atom stereocenters. The van der Waals surface area contributed by atoms with Crippen molar-refractivity contribution in [2.75, 3.05) is 20.2 Å². The maximum atomic E-state index is 14.1. The number of methoxy groups -OCH3 is 1. The third-order valence-corrected chi connectivity index (χ3v) is 4.75. The van der Waals surface area contributed by atoms with E-state index < -0.39 is 0 Å². The fraction of sp³-hybridized carbons (Fsp3) is 0.294. The van der Waals surface area contributed by atoms with E-state index in [9.17, 15) is 4.39 Å². The number of rotatable bonds is 4. The van der Waals surface area contributed by atoms with E-state index in [0.29, 0.717) is 0 Å². The van der Waals surface area contributed by atoms with E-state index in [4.69, 9.17) is 4.74 Å². The van der Waals surface area contributed by atoms with Crippen LogP contribution in [0.25, 0.3) is 0 Å². The lowest BCUT2D eigenvalue weighted by molar-refractivity contribution is 0.265. The zero-order valence-electron chi connectivity index (χ0n) is 11.8. The highest BCUT2D eigenvalue weighted by molar-refractivity contribution is 9.10. The third kappa shape index (κ3) is 2.70. The van der Waals surface area contributed by atoms with Crippen molar-refractivity contribution in [3.63, 3.8) is 0 Å². The van der Waals surface area contributed by atoms with Crippen LogP contribution in [0.15, 0.2) is 46.9 Å². The van der Waals surface area contributed by atoms with Crippen molar-refractivity contribution in [1.29, 1.82) is 0 Å². The quantitative estimate of drug-likeness (QED) is 0.908. The first-order chi connectivity index (χ1) is 10.1. The van der Waals surface area contributed by atoms with Crippen molar-refractivity contribution >= 4 is 15.9 Å². The van der Waals surface area contributed by atoms with Gasteiger partial charge in [-0.05, 0) is 51.7 Å². The fourth-order valence-electron chi connectivity index (χ4n) is 2.94. The summed E-state index contributed by atoms with van der Waals surface area (Å²) in [6.07, 6.45) is 0.809. The van der Waals surface area contributed by atoms with Crippen LogP contribution in [0.5, 0.6) is 5.75 Å². The van der Waals surface area contributed by atoms with Gasteiger partial charge in [0, 0.05) is 18.5 Å². The average molecular weight is 350 g/mol. The minimum absolute atomic E-state index is 0.119. The molecule has 3 rings (SSSR count). The molecule has 0 saturated carbocycles. The molecule has 0 spiro atoms. The largest absolute Gasteiger partial charge is 0.496 e. The van der Waals surface area contributed by atoms with Crippen molar-refractivity contribution in [1.82, 2.24) is 5.32 Å². The van der Waals surface area contributed by atoms with Crippen molar-refractivity contribution in [2.24, 2.45) is 0 Å². The average Bonchev–Trinajstić information content (AvgIpc) is 2.44. The van der Waals surface area contributed by atoms with Crippen molar-refractivity contribution in [2.45, 2.75) is 11.8 Å². The Morgan fingerprint density at radius 1 is 1.24 bits per heavy atom. The van der Waals surface area contributed by atoms with Gasteiger partial charge in [0.1, 0.15) is 11.6 Å². The molecule has 1 fully saturated rings. The van der Waals surface area contributed by atoms with Crippen LogP contribution in [0, 0.1) is 5.82 Å². The molecule has 0 atom stereocenters. The van der Waals surface area contributed by atoms with Crippen LogP contribution < -0.4 is 10.1 Å². The number of ether oxygens (including phenoxy) is 1. The van der Waals surface area contributed by atoms with E-state index in [1.54, 1.807) is 19.2 Å². The predicted octanol–water partition coefficient (Wildman–Crippen LogP) is 3.68. The molecule has 1 aliphatic heterocycles. The molecule has 0 aliphatic carbocycles. The molecule has 1 aliphatic rings. The van der Waals surface area contributed by atoms with Gasteiger partial charge in [0.05, 0.1) is 11.6 Å². The van der Waals surface area contributed by atoms with Gasteiger partial charge in [0.25, 0.3) is 0 Å². The predicted molar refractivity (Wildman–Crippen MR) is 85.3 cm³/mol. The minimum atomic E-state index is -0.153. The number of hydrogen-bond acceptors (Lipinski definition) is 2. The van der Waals surface area contributed by atoms with Gasteiger partial charge in [-0.1, -0.05) is 24.3 Å². The topological polar surface area (TPSA) is 21.3 Å². The second kappa shape index (κ2) is 5.78. The van der Waals surface area contributed by atoms with Gasteiger partial charge in [-0.15, -0.1) is 0 Å². The number of hydrogen-bond donors (Lipinski definition) is 1. The first-order valence-electron chi connectivity index (χ1n) is 6.93. The lowest BCUT2D eigenvalue weighted by atomic mass is 9.71. The molecule has 2 aromatic carbocycles. The van der Waals surface area contributed by atoms with E-state index in [-0.39, 0.29) is 11.2 Å². The standard InChI is InChI=1S/C17H17BrFNO/c1-21-16-7-6-12(8-14(16)18)9-17(10-20-11-17)13-4-2-3-5-15(13)19/h2-8,20H,9-11H2,1H3. The Labute approximate surface area is 132 Å². The molecule has 2 nitrogen and oxygen atoms in total. The van der Waals surface area contributed by atoms with Crippen molar-refractivity contribution in [3.8, 4) is 5.75 Å². The summed E-state index contributed by atoms with van der Waals surface area (Å²) in [5, 5.41) is 3.28. The molecular weight excluding hydrogens is 333 g/mol. The highest BCUT2D eigenvalue weighted by Crippen LogP contribution is 2.35. The lowest BCUT2D eigenvalue weighted by Crippen LogP contribution is -2.58. The SMILES string of the molecule is COc1ccc(CC2(c3ccccc3F)CNC2)cc1Br. The van der Waals surface area contributed by atoms with Crippen molar-refractivity contribution < 1.29 is 9.13 Å². The zero-order valence-corrected chi connectivity index (χ0v) is 13.4. The highest BCUT2D eigenvalue weighted by Gasteiger charge is 2.40. The molecule has 4 heteroatoms. The van der Waals surface area contributed by atoms with Gasteiger partial charge in [0.15, 0.2) is 0 Å². The van der Waals surface area contributed by atoms with Crippen LogP contribution in [0.3, 0.4) is 0 Å². The lowest BCUT2D eigenvalue weighted by Gasteiger charge is -2.43. The normalized spacial score (nSPS) is 16.3. The Morgan fingerprint density at radius 2 is 2.00 bits per heavy atom. The first-order valence-corrected chi connectivity index (χ1v) is 7.72. The van der Waals surface area contributed by atoms with Crippen LogP contribution in [-0.2, 0) is 11.8 Å². The Kier molecular flexibility index (Phi) is 4.00. The monoisotopic (exact) mass is 349 g/mol. The summed E-state index contributed by atoms with van der Waals surface area (Å²) in [6.45, 7) is 1.61.